The highest BCUT2D eigenvalue weighted by atomic mass is 32.2. The molecule has 0 bridgehead atoms. The Morgan fingerprint density at radius 2 is 1.81 bits per heavy atom. The zero-order valence-electron chi connectivity index (χ0n) is 8.21. The molecule has 0 atom stereocenters. The molecule has 0 aliphatic heterocycles. The minimum absolute atomic E-state index is 0.0267. The summed E-state index contributed by atoms with van der Waals surface area (Å²) in [5.41, 5.74) is 1.56. The molecule has 0 saturated carbocycles. The predicted molar refractivity (Wildman–Crippen MR) is 62.7 cm³/mol. The van der Waals surface area contributed by atoms with Gasteiger partial charge < -0.3 is 0 Å². The third-order valence-electron chi connectivity index (χ3n) is 2.79. The minimum atomic E-state index is -4.15. The largest absolute Gasteiger partial charge is 0.295 e. The monoisotopic (exact) mass is 232 g/mol. The van der Waals surface area contributed by atoms with Gasteiger partial charge in [-0.3, -0.25) is 4.55 Å². The van der Waals surface area contributed by atoms with Gasteiger partial charge in [-0.25, -0.2) is 0 Å². The SMILES string of the molecule is O=S(=O)(O)c1ccc2cccc3c2c1C=C3. The van der Waals surface area contributed by atoms with E-state index in [9.17, 15) is 8.42 Å². The maximum absolute atomic E-state index is 11.2. The molecule has 4 heteroatoms. The molecule has 2 aromatic rings. The third-order valence-corrected chi connectivity index (χ3v) is 3.70. The number of hydrogen-bond donors (Lipinski definition) is 1. The highest BCUT2D eigenvalue weighted by Gasteiger charge is 2.19. The van der Waals surface area contributed by atoms with Crippen LogP contribution < -0.4 is 0 Å². The summed E-state index contributed by atoms with van der Waals surface area (Å²) >= 11 is 0. The average molecular weight is 232 g/mol. The van der Waals surface area contributed by atoms with Gasteiger partial charge in [0.2, 0.25) is 0 Å². The Morgan fingerprint density at radius 3 is 2.56 bits per heavy atom. The molecule has 2 aromatic carbocycles. The molecule has 3 rings (SSSR count). The maximum Gasteiger partial charge on any atom is 0.295 e. The van der Waals surface area contributed by atoms with Crippen molar-refractivity contribution in [2.75, 3.05) is 0 Å². The fraction of sp³-hybridized carbons (Fsp3) is 0. The number of rotatable bonds is 1. The van der Waals surface area contributed by atoms with Gasteiger partial charge in [-0.15, -0.1) is 0 Å². The predicted octanol–water partition coefficient (Wildman–Crippen LogP) is 2.57. The van der Waals surface area contributed by atoms with E-state index in [1.165, 1.54) is 6.07 Å². The van der Waals surface area contributed by atoms with Gasteiger partial charge >= 0.3 is 0 Å². The molecule has 0 radical (unpaired) electrons. The Hall–Kier alpha value is -1.65. The van der Waals surface area contributed by atoms with Gasteiger partial charge in [0.25, 0.3) is 10.1 Å². The van der Waals surface area contributed by atoms with E-state index in [0.29, 0.717) is 5.56 Å². The van der Waals surface area contributed by atoms with Crippen LogP contribution in [-0.4, -0.2) is 13.0 Å². The van der Waals surface area contributed by atoms with E-state index in [0.717, 1.165) is 16.3 Å². The first-order valence-electron chi connectivity index (χ1n) is 4.79. The summed E-state index contributed by atoms with van der Waals surface area (Å²) in [4.78, 5) is -0.0267. The van der Waals surface area contributed by atoms with E-state index in [4.69, 9.17) is 4.55 Å². The highest BCUT2D eigenvalue weighted by molar-refractivity contribution is 7.86. The normalized spacial score (nSPS) is 13.6. The van der Waals surface area contributed by atoms with E-state index in [1.54, 1.807) is 12.1 Å². The Kier molecular flexibility index (Phi) is 1.75. The zero-order chi connectivity index (χ0) is 11.3. The van der Waals surface area contributed by atoms with Crippen molar-refractivity contribution in [3.63, 3.8) is 0 Å². The first-order valence-corrected chi connectivity index (χ1v) is 6.23. The Morgan fingerprint density at radius 1 is 1.00 bits per heavy atom. The van der Waals surface area contributed by atoms with Crippen LogP contribution in [0.3, 0.4) is 0 Å². The second-order valence-electron chi connectivity index (χ2n) is 3.73. The summed E-state index contributed by atoms with van der Waals surface area (Å²) in [6, 6.07) is 8.90. The van der Waals surface area contributed by atoms with E-state index in [2.05, 4.69) is 0 Å². The Balaban J connectivity index is 2.53. The zero-order valence-corrected chi connectivity index (χ0v) is 9.03. The molecule has 0 unspecified atom stereocenters. The highest BCUT2D eigenvalue weighted by Crippen LogP contribution is 2.35. The average Bonchev–Trinajstić information content (AvgIpc) is 2.63. The Labute approximate surface area is 92.8 Å². The summed E-state index contributed by atoms with van der Waals surface area (Å²) in [5.74, 6) is 0. The molecule has 0 aromatic heterocycles. The van der Waals surface area contributed by atoms with Gasteiger partial charge in [0.1, 0.15) is 4.90 Å². The number of hydrogen-bond acceptors (Lipinski definition) is 2. The van der Waals surface area contributed by atoms with Crippen LogP contribution in [0.5, 0.6) is 0 Å². The third kappa shape index (κ3) is 1.20. The molecule has 0 heterocycles. The lowest BCUT2D eigenvalue weighted by Crippen LogP contribution is -2.00. The van der Waals surface area contributed by atoms with E-state index < -0.39 is 10.1 Å². The van der Waals surface area contributed by atoms with Crippen LogP contribution >= 0.6 is 0 Å². The second kappa shape index (κ2) is 2.93. The summed E-state index contributed by atoms with van der Waals surface area (Å²) < 4.78 is 31.5. The molecule has 16 heavy (non-hydrogen) atoms. The molecule has 0 amide bonds. The smallest absolute Gasteiger partial charge is 0.282 e. The van der Waals surface area contributed by atoms with Crippen LogP contribution in [0.25, 0.3) is 22.9 Å². The summed E-state index contributed by atoms with van der Waals surface area (Å²) in [6.07, 6.45) is 3.58. The lowest BCUT2D eigenvalue weighted by molar-refractivity contribution is 0.483. The van der Waals surface area contributed by atoms with Gasteiger partial charge in [0.15, 0.2) is 0 Å². The summed E-state index contributed by atoms with van der Waals surface area (Å²) in [6.45, 7) is 0. The molecule has 3 nitrogen and oxygen atoms in total. The van der Waals surface area contributed by atoms with Crippen LogP contribution in [0, 0.1) is 0 Å². The van der Waals surface area contributed by atoms with Gasteiger partial charge in [-0.05, 0) is 22.4 Å². The number of benzene rings is 2. The fourth-order valence-corrected chi connectivity index (χ4v) is 2.81. The molecule has 0 fully saturated rings. The van der Waals surface area contributed by atoms with Crippen molar-refractivity contribution in [1.82, 2.24) is 0 Å². The van der Waals surface area contributed by atoms with Gasteiger partial charge in [0.05, 0.1) is 0 Å². The molecule has 80 valence electrons. The lowest BCUT2D eigenvalue weighted by Gasteiger charge is -2.05. The molecular formula is C12H8O3S. The van der Waals surface area contributed by atoms with Crippen LogP contribution in [-0.2, 0) is 10.1 Å². The summed E-state index contributed by atoms with van der Waals surface area (Å²) in [7, 11) is -4.15. The van der Waals surface area contributed by atoms with Gasteiger partial charge in [-0.1, -0.05) is 36.4 Å². The van der Waals surface area contributed by atoms with Crippen molar-refractivity contribution in [2.45, 2.75) is 4.90 Å². The van der Waals surface area contributed by atoms with Crippen molar-refractivity contribution in [2.24, 2.45) is 0 Å². The molecule has 1 aliphatic rings. The van der Waals surface area contributed by atoms with E-state index in [1.807, 2.05) is 24.3 Å². The lowest BCUT2D eigenvalue weighted by atomic mass is 10.0. The van der Waals surface area contributed by atoms with Gasteiger partial charge in [0, 0.05) is 5.56 Å². The van der Waals surface area contributed by atoms with Crippen LogP contribution in [0.15, 0.2) is 35.2 Å². The quantitative estimate of drug-likeness (QED) is 0.656. The second-order valence-corrected chi connectivity index (χ2v) is 5.12. The topological polar surface area (TPSA) is 54.4 Å². The van der Waals surface area contributed by atoms with Gasteiger partial charge in [-0.2, -0.15) is 8.42 Å². The van der Waals surface area contributed by atoms with Crippen molar-refractivity contribution in [3.05, 3.63) is 41.5 Å². The van der Waals surface area contributed by atoms with Crippen molar-refractivity contribution >= 4 is 33.0 Å². The Bertz CT molecular complexity index is 727. The molecule has 1 aliphatic carbocycles. The van der Waals surface area contributed by atoms with E-state index in [-0.39, 0.29) is 4.90 Å². The molecule has 1 N–H and O–H groups in total. The van der Waals surface area contributed by atoms with Crippen molar-refractivity contribution in [3.8, 4) is 0 Å². The van der Waals surface area contributed by atoms with E-state index >= 15 is 0 Å². The fourth-order valence-electron chi connectivity index (χ4n) is 2.12. The van der Waals surface area contributed by atoms with Crippen LogP contribution in [0.4, 0.5) is 0 Å². The minimum Gasteiger partial charge on any atom is -0.282 e. The molecule has 0 spiro atoms. The maximum atomic E-state index is 11.2. The standard InChI is InChI=1S/C12H8O3S/c13-16(14,15)11-7-5-9-3-1-2-8-4-6-10(11)12(8)9/h1-7H,(H,13,14,15). The van der Waals surface area contributed by atoms with Crippen LogP contribution in [0.1, 0.15) is 11.1 Å². The first-order chi connectivity index (χ1) is 7.57. The summed E-state index contributed by atoms with van der Waals surface area (Å²) in [5, 5.41) is 1.86. The van der Waals surface area contributed by atoms with Crippen molar-refractivity contribution < 1.29 is 13.0 Å². The first kappa shape index (κ1) is 9.57. The van der Waals surface area contributed by atoms with Crippen molar-refractivity contribution in [1.29, 1.82) is 0 Å². The van der Waals surface area contributed by atoms with Crippen LogP contribution in [0.2, 0.25) is 0 Å². The molecular weight excluding hydrogens is 224 g/mol. The molecule has 0 saturated heterocycles.